The van der Waals surface area contributed by atoms with E-state index in [-0.39, 0.29) is 4.84 Å². The molecule has 1 N–H and O–H groups in total. The van der Waals surface area contributed by atoms with Crippen molar-refractivity contribution < 1.29 is 0 Å². The lowest BCUT2D eigenvalue weighted by molar-refractivity contribution is 0.349. The van der Waals surface area contributed by atoms with Gasteiger partial charge in [-0.2, -0.15) is 0 Å². The summed E-state index contributed by atoms with van der Waals surface area (Å²) in [6.45, 7) is 2.67. The molecule has 0 aliphatic carbocycles. The number of rotatable bonds is 5. The molecule has 0 bridgehead atoms. The van der Waals surface area contributed by atoms with E-state index >= 15 is 0 Å². The van der Waals surface area contributed by atoms with Gasteiger partial charge in [0, 0.05) is 19.6 Å². The maximum Gasteiger partial charge on any atom is 0.120 e. The first-order valence-corrected chi connectivity index (χ1v) is 4.15. The van der Waals surface area contributed by atoms with Crippen molar-refractivity contribution in [3.8, 4) is 0 Å². The topological polar surface area (TPSA) is 15.3 Å². The Hall–Kier alpha value is 0.500. The molecule has 0 aromatic carbocycles. The predicted molar refractivity (Wildman–Crippen MR) is 46.9 cm³/mol. The molecule has 0 fully saturated rings. The summed E-state index contributed by atoms with van der Waals surface area (Å²) in [6, 6.07) is 0. The molecule has 0 aromatic heterocycles. The minimum Gasteiger partial charge on any atom is -0.318 e. The maximum absolute atomic E-state index is 5.55. The van der Waals surface area contributed by atoms with E-state index in [4.69, 9.17) is 23.2 Å². The van der Waals surface area contributed by atoms with E-state index < -0.39 is 0 Å². The van der Waals surface area contributed by atoms with Gasteiger partial charge >= 0.3 is 0 Å². The zero-order valence-corrected chi connectivity index (χ0v) is 7.91. The highest BCUT2D eigenvalue weighted by molar-refractivity contribution is 6.44. The minimum absolute atomic E-state index is 0.276. The van der Waals surface area contributed by atoms with E-state index in [2.05, 4.69) is 10.2 Å². The van der Waals surface area contributed by atoms with Gasteiger partial charge in [0.2, 0.25) is 0 Å². The van der Waals surface area contributed by atoms with E-state index in [0.29, 0.717) is 0 Å². The van der Waals surface area contributed by atoms with Gasteiger partial charge in [-0.05, 0) is 14.1 Å². The fraction of sp³-hybridized carbons (Fsp3) is 1.00. The van der Waals surface area contributed by atoms with Crippen LogP contribution in [0.1, 0.15) is 0 Å². The number of halogens is 2. The van der Waals surface area contributed by atoms with Gasteiger partial charge in [-0.1, -0.05) is 0 Å². The molecule has 0 spiro atoms. The third kappa shape index (κ3) is 6.62. The molecule has 0 aromatic rings. The Morgan fingerprint density at radius 3 is 2.50 bits per heavy atom. The van der Waals surface area contributed by atoms with Crippen molar-refractivity contribution in [3.63, 3.8) is 0 Å². The summed E-state index contributed by atoms with van der Waals surface area (Å²) in [6.07, 6.45) is 0. The predicted octanol–water partition coefficient (Wildman–Crippen LogP) is 0.941. The molecule has 10 heavy (non-hydrogen) atoms. The van der Waals surface area contributed by atoms with Gasteiger partial charge in [0.1, 0.15) is 4.84 Å². The van der Waals surface area contributed by atoms with Crippen LogP contribution in [0.3, 0.4) is 0 Å². The Morgan fingerprint density at radius 2 is 2.10 bits per heavy atom. The van der Waals surface area contributed by atoms with Crippen LogP contribution < -0.4 is 5.32 Å². The summed E-state index contributed by atoms with van der Waals surface area (Å²) in [5, 5.41) is 3.04. The molecule has 0 heterocycles. The second-order valence-electron chi connectivity index (χ2n) is 2.26. The molecule has 2 nitrogen and oxygen atoms in total. The first-order chi connectivity index (χ1) is 4.66. The lowest BCUT2D eigenvalue weighted by atomic mass is 10.5. The Morgan fingerprint density at radius 1 is 1.50 bits per heavy atom. The summed E-state index contributed by atoms with van der Waals surface area (Å²) in [7, 11) is 3.92. The second kappa shape index (κ2) is 6.23. The molecular weight excluding hydrogens is 171 g/mol. The normalized spacial score (nSPS) is 11.4. The molecule has 62 valence electrons. The van der Waals surface area contributed by atoms with Gasteiger partial charge in [-0.15, -0.1) is 23.2 Å². The van der Waals surface area contributed by atoms with Crippen LogP contribution in [-0.4, -0.2) is 43.5 Å². The van der Waals surface area contributed by atoms with Gasteiger partial charge in [0.15, 0.2) is 0 Å². The van der Waals surface area contributed by atoms with Crippen LogP contribution in [0.25, 0.3) is 0 Å². The molecule has 0 atom stereocenters. The van der Waals surface area contributed by atoms with Crippen molar-refractivity contribution in [2.24, 2.45) is 0 Å². The third-order valence-electron chi connectivity index (χ3n) is 1.19. The highest BCUT2D eigenvalue weighted by Crippen LogP contribution is 2.01. The van der Waals surface area contributed by atoms with Crippen molar-refractivity contribution in [2.75, 3.05) is 33.7 Å². The second-order valence-corrected chi connectivity index (χ2v) is 3.53. The Labute approximate surface area is 72.5 Å². The van der Waals surface area contributed by atoms with Crippen LogP contribution in [-0.2, 0) is 0 Å². The number of alkyl halides is 2. The van der Waals surface area contributed by atoms with E-state index in [9.17, 15) is 0 Å². The van der Waals surface area contributed by atoms with E-state index in [1.807, 2.05) is 14.1 Å². The van der Waals surface area contributed by atoms with E-state index in [1.54, 1.807) is 0 Å². The Balaban J connectivity index is 3.16. The van der Waals surface area contributed by atoms with Crippen molar-refractivity contribution in [2.45, 2.75) is 4.84 Å². The molecule has 4 heteroatoms. The molecule has 0 unspecified atom stereocenters. The molecule has 0 rings (SSSR count). The number of hydrogen-bond donors (Lipinski definition) is 1. The van der Waals surface area contributed by atoms with E-state index in [0.717, 1.165) is 19.6 Å². The summed E-state index contributed by atoms with van der Waals surface area (Å²) < 4.78 is 0. The zero-order chi connectivity index (χ0) is 7.98. The Kier molecular flexibility index (Phi) is 6.54. The Bertz CT molecular complexity index is 78.1. The zero-order valence-electron chi connectivity index (χ0n) is 6.40. The van der Waals surface area contributed by atoms with Gasteiger partial charge in [0.05, 0.1) is 0 Å². The quantitative estimate of drug-likeness (QED) is 0.641. The lowest BCUT2D eigenvalue weighted by Gasteiger charge is -2.15. The fourth-order valence-electron chi connectivity index (χ4n) is 0.630. The van der Waals surface area contributed by atoms with Gasteiger partial charge in [-0.25, -0.2) is 0 Å². The SMILES string of the molecule is CNCCN(C)CC(Cl)Cl. The standard InChI is InChI=1S/C6H14Cl2N2/c1-9-3-4-10(2)5-6(7)8/h6,9H,3-5H2,1-2H3. The van der Waals surface area contributed by atoms with Crippen LogP contribution >= 0.6 is 23.2 Å². The van der Waals surface area contributed by atoms with Crippen molar-refractivity contribution in [3.05, 3.63) is 0 Å². The maximum atomic E-state index is 5.55. The summed E-state index contributed by atoms with van der Waals surface area (Å²) >= 11 is 11.1. The summed E-state index contributed by atoms with van der Waals surface area (Å²) in [4.78, 5) is 1.81. The minimum atomic E-state index is -0.276. The highest BCUT2D eigenvalue weighted by atomic mass is 35.5. The van der Waals surface area contributed by atoms with Crippen LogP contribution in [0.15, 0.2) is 0 Å². The fourth-order valence-corrected chi connectivity index (χ4v) is 1.10. The van der Waals surface area contributed by atoms with Crippen molar-refractivity contribution >= 4 is 23.2 Å². The summed E-state index contributed by atoms with van der Waals surface area (Å²) in [5.41, 5.74) is 0. The van der Waals surface area contributed by atoms with Crippen LogP contribution in [0.4, 0.5) is 0 Å². The number of likely N-dealkylation sites (N-methyl/N-ethyl adjacent to an activating group) is 2. The molecule has 0 saturated carbocycles. The van der Waals surface area contributed by atoms with Crippen LogP contribution in [0.2, 0.25) is 0 Å². The molecule has 0 radical (unpaired) electrons. The molecule has 0 amide bonds. The van der Waals surface area contributed by atoms with Crippen molar-refractivity contribution in [1.82, 2.24) is 10.2 Å². The third-order valence-corrected chi connectivity index (χ3v) is 1.47. The van der Waals surface area contributed by atoms with E-state index in [1.165, 1.54) is 0 Å². The molecule has 0 aliphatic rings. The van der Waals surface area contributed by atoms with Crippen LogP contribution in [0, 0.1) is 0 Å². The smallest absolute Gasteiger partial charge is 0.120 e. The van der Waals surface area contributed by atoms with Gasteiger partial charge in [0.25, 0.3) is 0 Å². The first kappa shape index (κ1) is 10.5. The molecule has 0 aliphatic heterocycles. The van der Waals surface area contributed by atoms with Crippen molar-refractivity contribution in [1.29, 1.82) is 0 Å². The van der Waals surface area contributed by atoms with Gasteiger partial charge < -0.3 is 10.2 Å². The number of hydrogen-bond acceptors (Lipinski definition) is 2. The average Bonchev–Trinajstić information content (AvgIpc) is 1.82. The monoisotopic (exact) mass is 184 g/mol. The highest BCUT2D eigenvalue weighted by Gasteiger charge is 2.02. The molecule has 0 saturated heterocycles. The van der Waals surface area contributed by atoms with Gasteiger partial charge in [-0.3, -0.25) is 0 Å². The average molecular weight is 185 g/mol. The largest absolute Gasteiger partial charge is 0.318 e. The lowest BCUT2D eigenvalue weighted by Crippen LogP contribution is -2.30. The number of nitrogens with zero attached hydrogens (tertiary/aromatic N) is 1. The van der Waals surface area contributed by atoms with Crippen LogP contribution in [0.5, 0.6) is 0 Å². The first-order valence-electron chi connectivity index (χ1n) is 3.28. The summed E-state index contributed by atoms with van der Waals surface area (Å²) in [5.74, 6) is 0. The molecular formula is C6H14Cl2N2. The number of nitrogens with one attached hydrogen (secondary N) is 1.